The van der Waals surface area contributed by atoms with Crippen molar-refractivity contribution < 1.29 is 49.0 Å². The second kappa shape index (κ2) is 21.9. The van der Waals surface area contributed by atoms with Crippen LogP contribution in [0.3, 0.4) is 0 Å². The van der Waals surface area contributed by atoms with Gasteiger partial charge >= 0.3 is 112 Å². The molecule has 8 rings (SSSR count). The molecule has 0 nitrogen and oxygen atoms in total. The minimum atomic E-state index is 0. The third-order valence-electron chi connectivity index (χ3n) is 10.1. The molecule has 2 unspecified atom stereocenters. The molecule has 2 aliphatic carbocycles. The molecule has 0 saturated carbocycles. The Morgan fingerprint density at radius 3 is 1.78 bits per heavy atom. The summed E-state index contributed by atoms with van der Waals surface area (Å²) in [5.41, 5.74) is 15.1. The molecule has 2 atom stereocenters. The van der Waals surface area contributed by atoms with Gasteiger partial charge in [0, 0.05) is 0 Å². The predicted molar refractivity (Wildman–Crippen MR) is 218 cm³/mol. The molecule has 6 aromatic carbocycles. The maximum absolute atomic E-state index is 3.79. The third kappa shape index (κ3) is 12.1. The quantitative estimate of drug-likeness (QED) is 0.146. The molecule has 0 radical (unpaired) electrons. The summed E-state index contributed by atoms with van der Waals surface area (Å²) in [6, 6.07) is 56.2. The summed E-state index contributed by atoms with van der Waals surface area (Å²) in [5.74, 6) is 1.11. The number of aryl methyl sites for hydroxylation is 1. The van der Waals surface area contributed by atoms with Gasteiger partial charge in [-0.25, -0.2) is 12.2 Å². The van der Waals surface area contributed by atoms with Crippen LogP contribution in [0, 0.1) is 25.0 Å². The number of rotatable bonds is 9. The molecule has 2 aliphatic rings. The van der Waals surface area contributed by atoms with Crippen molar-refractivity contribution in [3.8, 4) is 22.3 Å². The van der Waals surface area contributed by atoms with Gasteiger partial charge in [0.05, 0.1) is 0 Å². The first-order valence-corrected chi connectivity index (χ1v) is 19.8. The van der Waals surface area contributed by atoms with Crippen molar-refractivity contribution in [1.29, 1.82) is 0 Å². The molecule has 54 heavy (non-hydrogen) atoms. The van der Waals surface area contributed by atoms with Crippen molar-refractivity contribution in [2.24, 2.45) is 5.92 Å². The monoisotopic (exact) mass is 820 g/mol. The summed E-state index contributed by atoms with van der Waals surface area (Å²) in [5, 5.41) is 0. The van der Waals surface area contributed by atoms with Gasteiger partial charge in [0.25, 0.3) is 0 Å². The second-order valence-corrected chi connectivity index (χ2v) is 15.8. The summed E-state index contributed by atoms with van der Waals surface area (Å²) in [4.78, 5) is 0. The van der Waals surface area contributed by atoms with E-state index in [9.17, 15) is 0 Å². The average Bonchev–Trinajstić information content (AvgIpc) is 3.88. The van der Waals surface area contributed by atoms with E-state index in [0.29, 0.717) is 11.8 Å². The van der Waals surface area contributed by atoms with Crippen molar-refractivity contribution >= 4 is 3.21 Å². The van der Waals surface area contributed by atoms with Gasteiger partial charge in [0.2, 0.25) is 0 Å². The Kier molecular flexibility index (Phi) is 17.4. The maximum atomic E-state index is 3.79. The van der Waals surface area contributed by atoms with Crippen LogP contribution in [-0.2, 0) is 49.9 Å². The van der Waals surface area contributed by atoms with Crippen LogP contribution in [0.5, 0.6) is 0 Å². The van der Waals surface area contributed by atoms with E-state index in [1.54, 1.807) is 27.4 Å². The second-order valence-electron chi connectivity index (χ2n) is 14.1. The van der Waals surface area contributed by atoms with Crippen LogP contribution in [0.15, 0.2) is 164 Å². The van der Waals surface area contributed by atoms with E-state index in [1.165, 1.54) is 61.2 Å². The first-order chi connectivity index (χ1) is 25.4. The fourth-order valence-electron chi connectivity index (χ4n) is 7.08. The molecule has 0 spiro atoms. The first-order valence-electron chi connectivity index (χ1n) is 18.6. The summed E-state index contributed by atoms with van der Waals surface area (Å²) >= 11 is 1.55. The van der Waals surface area contributed by atoms with Crippen LogP contribution in [-0.4, -0.2) is 3.21 Å². The zero-order valence-electron chi connectivity index (χ0n) is 31.5. The Labute approximate surface area is 351 Å². The van der Waals surface area contributed by atoms with Crippen LogP contribution in [0.2, 0.25) is 0 Å². The Balaban J connectivity index is 0.000000236. The molecule has 0 amide bonds. The SMILES string of the molecule is Cc1cc2c(cc1-c1ccccc1)-c1ccc(CC(C)C(C)c3ccccc3)[c-]c1C2.[C-]1=CC=CC1.[Cl-].[Cl-].[Zr+2]=[C](Cc1ccccc1)Cc1ccccc1. The Morgan fingerprint density at radius 2 is 1.24 bits per heavy atom. The van der Waals surface area contributed by atoms with Gasteiger partial charge in [0.1, 0.15) is 0 Å². The average molecular weight is 823 g/mol. The number of allylic oxidation sites excluding steroid dienone is 4. The van der Waals surface area contributed by atoms with Gasteiger partial charge in [-0.2, -0.15) is 29.8 Å². The number of hydrogen-bond acceptors (Lipinski definition) is 0. The van der Waals surface area contributed by atoms with Crippen molar-refractivity contribution in [2.75, 3.05) is 0 Å². The van der Waals surface area contributed by atoms with Gasteiger partial charge < -0.3 is 24.8 Å². The van der Waals surface area contributed by atoms with E-state index in [0.717, 1.165) is 32.1 Å². The number of hydrogen-bond donors (Lipinski definition) is 0. The van der Waals surface area contributed by atoms with Crippen molar-refractivity contribution in [3.63, 3.8) is 0 Å². The van der Waals surface area contributed by atoms with E-state index in [-0.39, 0.29) is 24.8 Å². The molecule has 3 heteroatoms. The number of benzene rings is 6. The molecule has 0 bridgehead atoms. The normalized spacial score (nSPS) is 12.7. The van der Waals surface area contributed by atoms with Crippen molar-refractivity contribution in [2.45, 2.75) is 58.8 Å². The summed E-state index contributed by atoms with van der Waals surface area (Å²) in [7, 11) is 0. The van der Waals surface area contributed by atoms with Crippen LogP contribution in [0.4, 0.5) is 0 Å². The van der Waals surface area contributed by atoms with Gasteiger partial charge in [-0.3, -0.25) is 6.08 Å². The minimum absolute atomic E-state index is 0. The fraction of sp³-hybridized carbons (Fsp3) is 0.196. The molecule has 0 aliphatic heterocycles. The van der Waals surface area contributed by atoms with Crippen LogP contribution in [0.25, 0.3) is 22.3 Å². The number of fused-ring (bicyclic) bond motifs is 3. The van der Waals surface area contributed by atoms with Crippen LogP contribution >= 0.6 is 0 Å². The zero-order chi connectivity index (χ0) is 36.1. The third-order valence-corrected chi connectivity index (χ3v) is 11.0. The Hall–Kier alpha value is -3.87. The molecular weight excluding hydrogens is 775 g/mol. The molecule has 0 aromatic heterocycles. The van der Waals surface area contributed by atoms with Gasteiger partial charge in [0.15, 0.2) is 0 Å². The molecule has 272 valence electrons. The van der Waals surface area contributed by atoms with E-state index in [4.69, 9.17) is 0 Å². The van der Waals surface area contributed by atoms with E-state index >= 15 is 0 Å². The molecule has 0 saturated heterocycles. The van der Waals surface area contributed by atoms with Gasteiger partial charge in [-0.15, -0.1) is 17.5 Å². The molecule has 0 N–H and O–H groups in total. The first kappa shape index (κ1) is 42.9. The number of halogens is 2. The molecule has 6 aromatic rings. The Bertz CT molecular complexity index is 2050. The van der Waals surface area contributed by atoms with E-state index in [2.05, 4.69) is 185 Å². The van der Waals surface area contributed by atoms with E-state index < -0.39 is 0 Å². The van der Waals surface area contributed by atoms with E-state index in [1.807, 2.05) is 12.2 Å². The Morgan fingerprint density at radius 1 is 0.667 bits per heavy atom. The fourth-order valence-corrected chi connectivity index (χ4v) is 8.08. The molecule has 0 heterocycles. The molecule has 0 fully saturated rings. The van der Waals surface area contributed by atoms with Crippen LogP contribution in [0.1, 0.15) is 65.1 Å². The zero-order valence-corrected chi connectivity index (χ0v) is 35.5. The standard InChI is InChI=1S/C31H29.C15H14.C5H5.2ClH.Zr/c1-21(23(3)25-10-6-4-7-11-25)16-24-14-15-29-28(18-24)19-27-17-22(2)30(20-31(27)29)26-12-8-5-9-13-26;1-3-8-14(9-4-1)12-7-13-15-10-5-2-6-11-15;1-2-4-5-3-1;;;/h4-15,17,20-21,23H,16,19H2,1-3H3;1-6,8-11H,12-13H2;1-3H,4H2;2*1H;/q-1;;-1;;;+2/p-2. The van der Waals surface area contributed by atoms with Gasteiger partial charge in [-0.05, 0) is 59.4 Å². The van der Waals surface area contributed by atoms with Crippen LogP contribution < -0.4 is 24.8 Å². The summed E-state index contributed by atoms with van der Waals surface area (Å²) in [6.45, 7) is 6.94. The van der Waals surface area contributed by atoms with Gasteiger partial charge in [-0.1, -0.05) is 92.2 Å². The topological polar surface area (TPSA) is 0 Å². The summed E-state index contributed by atoms with van der Waals surface area (Å²) in [6.07, 6.45) is 14.3. The van der Waals surface area contributed by atoms with Crippen molar-refractivity contribution in [1.82, 2.24) is 0 Å². The predicted octanol–water partition coefficient (Wildman–Crippen LogP) is 6.52. The van der Waals surface area contributed by atoms with Crippen molar-refractivity contribution in [3.05, 3.63) is 215 Å². The molecular formula is C51H48Cl2Zr-2. The summed E-state index contributed by atoms with van der Waals surface area (Å²) < 4.78 is 1.60.